The van der Waals surface area contributed by atoms with E-state index in [0.717, 1.165) is 47.6 Å². The number of anilines is 1. The summed E-state index contributed by atoms with van der Waals surface area (Å²) in [5, 5.41) is 24.0. The van der Waals surface area contributed by atoms with E-state index in [1.54, 1.807) is 16.9 Å². The molecule has 1 N–H and O–H groups in total. The van der Waals surface area contributed by atoms with E-state index in [4.69, 9.17) is 0 Å². The largest absolute Gasteiger partial charge is 0.507 e. The zero-order chi connectivity index (χ0) is 19.8. The minimum atomic E-state index is 0.223. The summed E-state index contributed by atoms with van der Waals surface area (Å²) in [6.07, 6.45) is 12.4. The van der Waals surface area contributed by atoms with Crippen molar-refractivity contribution in [3.63, 3.8) is 0 Å². The highest BCUT2D eigenvalue weighted by Crippen LogP contribution is 2.36. The second-order valence-electron chi connectivity index (χ2n) is 8.30. The second kappa shape index (κ2) is 7.50. The van der Waals surface area contributed by atoms with E-state index in [1.165, 1.54) is 37.7 Å². The summed E-state index contributed by atoms with van der Waals surface area (Å²) < 4.78 is 1.76. The van der Waals surface area contributed by atoms with Gasteiger partial charge >= 0.3 is 0 Å². The molecular weight excluding hydrogens is 362 g/mol. The molecule has 0 atom stereocenters. The van der Waals surface area contributed by atoms with Crippen molar-refractivity contribution >= 4 is 5.82 Å². The SMILES string of the molecule is Cn1cc(-c2ccc(-c3cc4c(nn3)N(C3CCCCC3)CCC4)c(O)c2)cn1. The van der Waals surface area contributed by atoms with Gasteiger partial charge < -0.3 is 10.0 Å². The van der Waals surface area contributed by atoms with Crippen molar-refractivity contribution in [2.45, 2.75) is 51.0 Å². The van der Waals surface area contributed by atoms with Gasteiger partial charge in [-0.3, -0.25) is 4.68 Å². The molecule has 0 unspecified atom stereocenters. The zero-order valence-corrected chi connectivity index (χ0v) is 16.9. The Hall–Kier alpha value is -2.89. The van der Waals surface area contributed by atoms with Crippen molar-refractivity contribution in [3.05, 3.63) is 42.2 Å². The molecule has 6 heteroatoms. The maximum Gasteiger partial charge on any atom is 0.154 e. The van der Waals surface area contributed by atoms with Crippen LogP contribution in [0.5, 0.6) is 5.75 Å². The lowest BCUT2D eigenvalue weighted by Gasteiger charge is -2.38. The third kappa shape index (κ3) is 3.48. The first-order chi connectivity index (χ1) is 14.2. The lowest BCUT2D eigenvalue weighted by atomic mass is 9.92. The van der Waals surface area contributed by atoms with Crippen LogP contribution in [-0.4, -0.2) is 37.7 Å². The Bertz CT molecular complexity index is 1020. The molecule has 6 nitrogen and oxygen atoms in total. The topological polar surface area (TPSA) is 67.1 Å². The van der Waals surface area contributed by atoms with Gasteiger partial charge in [0.05, 0.1) is 11.9 Å². The molecule has 0 amide bonds. The van der Waals surface area contributed by atoms with Crippen molar-refractivity contribution in [1.29, 1.82) is 0 Å². The molecule has 0 saturated heterocycles. The molecule has 1 aromatic carbocycles. The average Bonchev–Trinajstić information content (AvgIpc) is 3.20. The minimum absolute atomic E-state index is 0.223. The van der Waals surface area contributed by atoms with Crippen LogP contribution in [0.2, 0.25) is 0 Å². The van der Waals surface area contributed by atoms with Crippen LogP contribution >= 0.6 is 0 Å². The number of hydrogen-bond acceptors (Lipinski definition) is 5. The fourth-order valence-corrected chi connectivity index (χ4v) is 4.77. The van der Waals surface area contributed by atoms with Gasteiger partial charge in [0.25, 0.3) is 0 Å². The quantitative estimate of drug-likeness (QED) is 0.722. The molecule has 1 fully saturated rings. The smallest absolute Gasteiger partial charge is 0.154 e. The summed E-state index contributed by atoms with van der Waals surface area (Å²) in [4.78, 5) is 2.49. The van der Waals surface area contributed by atoms with Gasteiger partial charge in [-0.25, -0.2) is 0 Å². The van der Waals surface area contributed by atoms with Gasteiger partial charge in [-0.1, -0.05) is 25.3 Å². The van der Waals surface area contributed by atoms with Gasteiger partial charge in [-0.05, 0) is 55.0 Å². The number of benzene rings is 1. The van der Waals surface area contributed by atoms with Gasteiger partial charge in [-0.2, -0.15) is 5.10 Å². The van der Waals surface area contributed by atoms with Crippen LogP contribution < -0.4 is 4.90 Å². The molecule has 2 aromatic heterocycles. The van der Waals surface area contributed by atoms with E-state index in [2.05, 4.69) is 26.3 Å². The molecule has 0 spiro atoms. The zero-order valence-electron chi connectivity index (χ0n) is 16.9. The molecule has 1 saturated carbocycles. The second-order valence-corrected chi connectivity index (χ2v) is 8.30. The van der Waals surface area contributed by atoms with Crippen molar-refractivity contribution in [3.8, 4) is 28.1 Å². The number of aromatic hydroxyl groups is 1. The van der Waals surface area contributed by atoms with Crippen molar-refractivity contribution in [2.24, 2.45) is 7.05 Å². The van der Waals surface area contributed by atoms with E-state index in [-0.39, 0.29) is 5.75 Å². The highest BCUT2D eigenvalue weighted by molar-refractivity contribution is 5.74. The van der Waals surface area contributed by atoms with Gasteiger partial charge in [0.15, 0.2) is 5.82 Å². The Morgan fingerprint density at radius 2 is 1.86 bits per heavy atom. The van der Waals surface area contributed by atoms with E-state index >= 15 is 0 Å². The van der Waals surface area contributed by atoms with E-state index in [0.29, 0.717) is 6.04 Å². The van der Waals surface area contributed by atoms with Gasteiger partial charge in [0, 0.05) is 37.0 Å². The van der Waals surface area contributed by atoms with Crippen LogP contribution in [0.1, 0.15) is 44.1 Å². The van der Waals surface area contributed by atoms with Crippen LogP contribution in [0.15, 0.2) is 36.7 Å². The van der Waals surface area contributed by atoms with Gasteiger partial charge in [-0.15, -0.1) is 10.2 Å². The monoisotopic (exact) mass is 389 g/mol. The lowest BCUT2D eigenvalue weighted by molar-refractivity contribution is 0.404. The van der Waals surface area contributed by atoms with E-state index in [1.807, 2.05) is 25.4 Å². The number of nitrogens with zero attached hydrogens (tertiary/aromatic N) is 5. The van der Waals surface area contributed by atoms with E-state index < -0.39 is 0 Å². The molecule has 0 radical (unpaired) electrons. The van der Waals surface area contributed by atoms with Gasteiger partial charge in [0.2, 0.25) is 0 Å². The van der Waals surface area contributed by atoms with Crippen LogP contribution in [0.4, 0.5) is 5.82 Å². The van der Waals surface area contributed by atoms with Crippen LogP contribution in [0.3, 0.4) is 0 Å². The number of rotatable bonds is 3. The van der Waals surface area contributed by atoms with Crippen LogP contribution in [-0.2, 0) is 13.5 Å². The Kier molecular flexibility index (Phi) is 4.70. The third-order valence-electron chi connectivity index (χ3n) is 6.30. The molecule has 5 rings (SSSR count). The maximum atomic E-state index is 10.7. The first-order valence-electron chi connectivity index (χ1n) is 10.6. The molecule has 150 valence electrons. The highest BCUT2D eigenvalue weighted by atomic mass is 16.3. The summed E-state index contributed by atoms with van der Waals surface area (Å²) in [5.41, 5.74) is 4.64. The minimum Gasteiger partial charge on any atom is -0.507 e. The molecule has 3 aromatic rings. The Morgan fingerprint density at radius 1 is 1.00 bits per heavy atom. The molecule has 3 heterocycles. The predicted octanol–water partition coefficient (Wildman–Crippen LogP) is 4.34. The first-order valence-corrected chi connectivity index (χ1v) is 10.6. The molecule has 1 aliphatic carbocycles. The first kappa shape index (κ1) is 18.2. The molecular formula is C23H27N5O. The normalized spacial score (nSPS) is 17.3. The Labute approximate surface area is 171 Å². The summed E-state index contributed by atoms with van der Waals surface area (Å²) in [7, 11) is 1.89. The standard InChI is InChI=1S/C23H27N5O/c1-27-15-18(14-24-27)16-9-10-20(22(29)13-16)21-12-17-6-5-11-28(23(17)26-25-21)19-7-3-2-4-8-19/h9-10,12-15,19,29H,2-8,11H2,1H3. The Morgan fingerprint density at radius 3 is 2.62 bits per heavy atom. The number of phenolic OH excluding ortho intramolecular Hbond substituents is 1. The summed E-state index contributed by atoms with van der Waals surface area (Å²) in [5.74, 6) is 1.28. The highest BCUT2D eigenvalue weighted by Gasteiger charge is 2.27. The Balaban J connectivity index is 1.45. The summed E-state index contributed by atoms with van der Waals surface area (Å²) in [6.45, 7) is 1.08. The molecule has 29 heavy (non-hydrogen) atoms. The summed E-state index contributed by atoms with van der Waals surface area (Å²) in [6, 6.07) is 8.44. The number of aryl methyl sites for hydroxylation is 2. The fourth-order valence-electron chi connectivity index (χ4n) is 4.77. The number of phenols is 1. The molecule has 2 aliphatic rings. The predicted molar refractivity (Wildman–Crippen MR) is 114 cm³/mol. The van der Waals surface area contributed by atoms with Gasteiger partial charge in [0.1, 0.15) is 5.75 Å². The number of aromatic nitrogens is 4. The summed E-state index contributed by atoms with van der Waals surface area (Å²) >= 11 is 0. The lowest BCUT2D eigenvalue weighted by Crippen LogP contribution is -2.41. The number of fused-ring (bicyclic) bond motifs is 1. The number of hydrogen-bond donors (Lipinski definition) is 1. The third-order valence-corrected chi connectivity index (χ3v) is 6.30. The van der Waals surface area contributed by atoms with Crippen LogP contribution in [0, 0.1) is 0 Å². The molecule has 0 bridgehead atoms. The van der Waals surface area contributed by atoms with E-state index in [9.17, 15) is 5.11 Å². The average molecular weight is 390 g/mol. The molecule has 1 aliphatic heterocycles. The van der Waals surface area contributed by atoms with Crippen molar-refractivity contribution in [1.82, 2.24) is 20.0 Å². The van der Waals surface area contributed by atoms with Crippen molar-refractivity contribution in [2.75, 3.05) is 11.4 Å². The van der Waals surface area contributed by atoms with Crippen molar-refractivity contribution < 1.29 is 5.11 Å². The maximum absolute atomic E-state index is 10.7. The fraction of sp³-hybridized carbons (Fsp3) is 0.435. The van der Waals surface area contributed by atoms with Crippen LogP contribution in [0.25, 0.3) is 22.4 Å².